The van der Waals surface area contributed by atoms with E-state index >= 15 is 0 Å². The second kappa shape index (κ2) is 9.67. The summed E-state index contributed by atoms with van der Waals surface area (Å²) >= 11 is 0. The molecule has 1 aromatic carbocycles. The van der Waals surface area contributed by atoms with Crippen molar-refractivity contribution in [3.63, 3.8) is 0 Å². The first-order valence-corrected chi connectivity index (χ1v) is 9.35. The van der Waals surface area contributed by atoms with E-state index in [0.29, 0.717) is 12.1 Å². The number of guanidine groups is 1. The molecule has 2 rings (SSSR count). The molecule has 134 valence electrons. The van der Waals surface area contributed by atoms with E-state index in [0.717, 1.165) is 37.8 Å². The van der Waals surface area contributed by atoms with Crippen LogP contribution in [0.1, 0.15) is 38.7 Å². The van der Waals surface area contributed by atoms with Crippen molar-refractivity contribution in [3.05, 3.63) is 35.9 Å². The number of rotatable bonds is 9. The summed E-state index contributed by atoms with van der Waals surface area (Å²) in [4.78, 5) is 7.17. The first-order chi connectivity index (χ1) is 11.6. The van der Waals surface area contributed by atoms with E-state index in [4.69, 9.17) is 4.99 Å². The Morgan fingerprint density at radius 2 is 1.96 bits per heavy atom. The molecule has 1 fully saturated rings. The van der Waals surface area contributed by atoms with Gasteiger partial charge in [0.1, 0.15) is 0 Å². The Hall–Kier alpha value is -1.55. The van der Waals surface area contributed by atoms with Gasteiger partial charge in [0.25, 0.3) is 0 Å². The zero-order valence-corrected chi connectivity index (χ0v) is 15.8. The molecule has 0 amide bonds. The fourth-order valence-corrected chi connectivity index (χ4v) is 3.05. The predicted octanol–water partition coefficient (Wildman–Crippen LogP) is 2.90. The van der Waals surface area contributed by atoms with Gasteiger partial charge < -0.3 is 15.5 Å². The molecule has 2 atom stereocenters. The van der Waals surface area contributed by atoms with Gasteiger partial charge in [0, 0.05) is 18.6 Å². The number of hydrogen-bond acceptors (Lipinski definition) is 2. The van der Waals surface area contributed by atoms with Crippen molar-refractivity contribution in [2.75, 3.05) is 27.2 Å². The van der Waals surface area contributed by atoms with Crippen LogP contribution in [-0.4, -0.2) is 50.1 Å². The van der Waals surface area contributed by atoms with Crippen molar-refractivity contribution < 1.29 is 0 Å². The van der Waals surface area contributed by atoms with Gasteiger partial charge in [-0.3, -0.25) is 4.99 Å². The number of hydrogen-bond donors (Lipinski definition) is 2. The normalized spacial score (nSPS) is 17.6. The van der Waals surface area contributed by atoms with Crippen LogP contribution in [0.5, 0.6) is 0 Å². The minimum Gasteiger partial charge on any atom is -0.357 e. The zero-order chi connectivity index (χ0) is 17.4. The second-order valence-electron chi connectivity index (χ2n) is 7.16. The molecule has 0 aromatic heterocycles. The van der Waals surface area contributed by atoms with E-state index < -0.39 is 0 Å². The van der Waals surface area contributed by atoms with E-state index in [1.807, 2.05) is 0 Å². The van der Waals surface area contributed by atoms with E-state index in [9.17, 15) is 0 Å². The van der Waals surface area contributed by atoms with Crippen molar-refractivity contribution in [2.24, 2.45) is 10.9 Å². The molecule has 4 nitrogen and oxygen atoms in total. The Morgan fingerprint density at radius 3 is 2.54 bits per heavy atom. The van der Waals surface area contributed by atoms with E-state index in [1.54, 1.807) is 0 Å². The highest BCUT2D eigenvalue weighted by Crippen LogP contribution is 2.34. The largest absolute Gasteiger partial charge is 0.357 e. The zero-order valence-electron chi connectivity index (χ0n) is 15.8. The van der Waals surface area contributed by atoms with Crippen LogP contribution in [0.2, 0.25) is 0 Å². The van der Waals surface area contributed by atoms with Crippen molar-refractivity contribution in [1.29, 1.82) is 0 Å². The van der Waals surface area contributed by atoms with Crippen LogP contribution >= 0.6 is 0 Å². The lowest BCUT2D eigenvalue weighted by Gasteiger charge is -2.23. The van der Waals surface area contributed by atoms with Crippen LogP contribution < -0.4 is 10.6 Å². The van der Waals surface area contributed by atoms with Crippen LogP contribution in [0.3, 0.4) is 0 Å². The van der Waals surface area contributed by atoms with Gasteiger partial charge in [0.2, 0.25) is 0 Å². The maximum atomic E-state index is 4.84. The Morgan fingerprint density at radius 1 is 1.25 bits per heavy atom. The lowest BCUT2D eigenvalue weighted by molar-refractivity contribution is 0.271. The molecule has 2 unspecified atom stereocenters. The minimum absolute atomic E-state index is 0.404. The van der Waals surface area contributed by atoms with E-state index in [-0.39, 0.29) is 0 Å². The van der Waals surface area contributed by atoms with Crippen molar-refractivity contribution in [3.8, 4) is 0 Å². The Balaban J connectivity index is 1.83. The van der Waals surface area contributed by atoms with Gasteiger partial charge in [-0.05, 0) is 65.1 Å². The van der Waals surface area contributed by atoms with E-state index in [2.05, 4.69) is 73.8 Å². The quantitative estimate of drug-likeness (QED) is 0.540. The van der Waals surface area contributed by atoms with Crippen LogP contribution in [0.4, 0.5) is 0 Å². The lowest BCUT2D eigenvalue weighted by atomic mass is 10.1. The van der Waals surface area contributed by atoms with Gasteiger partial charge in [-0.2, -0.15) is 0 Å². The number of nitrogens with one attached hydrogen (secondary N) is 2. The number of benzene rings is 1. The monoisotopic (exact) mass is 330 g/mol. The second-order valence-corrected chi connectivity index (χ2v) is 7.16. The Bertz CT molecular complexity index is 492. The smallest absolute Gasteiger partial charge is 0.191 e. The summed E-state index contributed by atoms with van der Waals surface area (Å²) in [6, 6.07) is 11.7. The number of aliphatic imine (C=N–C) groups is 1. The van der Waals surface area contributed by atoms with Gasteiger partial charge in [0.15, 0.2) is 5.96 Å². The minimum atomic E-state index is 0.404. The predicted molar refractivity (Wildman–Crippen MR) is 104 cm³/mol. The molecule has 1 aromatic rings. The average molecular weight is 331 g/mol. The molecule has 1 aliphatic rings. The fourth-order valence-electron chi connectivity index (χ4n) is 3.05. The number of aryl methyl sites for hydroxylation is 1. The summed E-state index contributed by atoms with van der Waals surface area (Å²) in [7, 11) is 4.34. The third kappa shape index (κ3) is 6.52. The molecular weight excluding hydrogens is 296 g/mol. The summed E-state index contributed by atoms with van der Waals surface area (Å²) < 4.78 is 0. The highest BCUT2D eigenvalue weighted by atomic mass is 15.2. The summed E-state index contributed by atoms with van der Waals surface area (Å²) in [5.74, 6) is 1.78. The molecular formula is C20H34N4. The molecule has 0 radical (unpaired) electrons. The van der Waals surface area contributed by atoms with E-state index in [1.165, 1.54) is 18.4 Å². The fraction of sp³-hybridized carbons (Fsp3) is 0.650. The van der Waals surface area contributed by atoms with Gasteiger partial charge in [-0.15, -0.1) is 0 Å². The topological polar surface area (TPSA) is 39.7 Å². The summed E-state index contributed by atoms with van der Waals surface area (Å²) in [5.41, 5.74) is 1.40. The molecule has 1 saturated carbocycles. The summed E-state index contributed by atoms with van der Waals surface area (Å²) in [5, 5.41) is 6.95. The molecule has 0 heterocycles. The standard InChI is InChI=1S/C20H34N4/c1-5-21-20(22-15-19(24(3)4)18-13-14-18)23-16(2)11-12-17-9-7-6-8-10-17/h6-10,16,18-19H,5,11-15H2,1-4H3,(H2,21,22,23). The number of nitrogens with zero attached hydrogens (tertiary/aromatic N) is 2. The molecule has 0 bridgehead atoms. The van der Waals surface area contributed by atoms with Gasteiger partial charge in [-0.25, -0.2) is 0 Å². The summed E-state index contributed by atoms with van der Waals surface area (Å²) in [6.07, 6.45) is 4.91. The first kappa shape index (κ1) is 18.8. The Kier molecular flexibility index (Phi) is 7.57. The van der Waals surface area contributed by atoms with Crippen LogP contribution in [-0.2, 0) is 6.42 Å². The first-order valence-electron chi connectivity index (χ1n) is 9.35. The number of likely N-dealkylation sites (N-methyl/N-ethyl adjacent to an activating group) is 1. The molecule has 0 aliphatic heterocycles. The third-order valence-electron chi connectivity index (χ3n) is 4.70. The molecule has 2 N–H and O–H groups in total. The average Bonchev–Trinajstić information content (AvgIpc) is 3.39. The van der Waals surface area contributed by atoms with Crippen molar-refractivity contribution in [1.82, 2.24) is 15.5 Å². The summed E-state index contributed by atoms with van der Waals surface area (Å²) in [6.45, 7) is 6.13. The Labute approximate surface area is 147 Å². The lowest BCUT2D eigenvalue weighted by Crippen LogP contribution is -2.43. The molecule has 1 aliphatic carbocycles. The van der Waals surface area contributed by atoms with Crippen LogP contribution in [0.25, 0.3) is 0 Å². The highest BCUT2D eigenvalue weighted by molar-refractivity contribution is 5.80. The molecule has 24 heavy (non-hydrogen) atoms. The maximum absolute atomic E-state index is 4.84. The van der Waals surface area contributed by atoms with Gasteiger partial charge in [-0.1, -0.05) is 30.3 Å². The molecule has 0 spiro atoms. The van der Waals surface area contributed by atoms with Crippen molar-refractivity contribution in [2.45, 2.75) is 51.6 Å². The van der Waals surface area contributed by atoms with Crippen LogP contribution in [0.15, 0.2) is 35.3 Å². The molecule has 4 heteroatoms. The van der Waals surface area contributed by atoms with Gasteiger partial charge in [0.05, 0.1) is 6.54 Å². The SMILES string of the molecule is CCNC(=NCC(C1CC1)N(C)C)NC(C)CCc1ccccc1. The third-order valence-corrected chi connectivity index (χ3v) is 4.70. The van der Waals surface area contributed by atoms with Gasteiger partial charge >= 0.3 is 0 Å². The van der Waals surface area contributed by atoms with Crippen molar-refractivity contribution >= 4 is 5.96 Å². The molecule has 0 saturated heterocycles. The van der Waals surface area contributed by atoms with Crippen LogP contribution in [0, 0.1) is 5.92 Å². The maximum Gasteiger partial charge on any atom is 0.191 e. The highest BCUT2D eigenvalue weighted by Gasteiger charge is 2.32.